The third kappa shape index (κ3) is 6.49. The molecule has 45 heavy (non-hydrogen) atoms. The van der Waals surface area contributed by atoms with Crippen LogP contribution >= 0.6 is 0 Å². The van der Waals surface area contributed by atoms with E-state index in [0.717, 1.165) is 51.2 Å². The van der Waals surface area contributed by atoms with E-state index >= 15 is 0 Å². The Bertz CT molecular complexity index is 1540. The summed E-state index contributed by atoms with van der Waals surface area (Å²) in [5.74, 6) is 0. The molecule has 4 aromatic rings. The van der Waals surface area contributed by atoms with E-state index in [-0.39, 0.29) is 6.61 Å². The summed E-state index contributed by atoms with van der Waals surface area (Å²) in [4.78, 5) is 27.3. The van der Waals surface area contributed by atoms with Crippen molar-refractivity contribution in [3.8, 4) is 0 Å². The van der Waals surface area contributed by atoms with E-state index in [1.54, 1.807) is 0 Å². The van der Waals surface area contributed by atoms with Gasteiger partial charge in [0.15, 0.2) is 0 Å². The van der Waals surface area contributed by atoms with Crippen LogP contribution in [0.2, 0.25) is 8.87 Å². The predicted octanol–water partition coefficient (Wildman–Crippen LogP) is 6.27. The van der Waals surface area contributed by atoms with Crippen molar-refractivity contribution < 1.29 is 15.6 Å². The number of hydrogen-bond acceptors (Lipinski definition) is 6. The van der Waals surface area contributed by atoms with Crippen LogP contribution in [0.1, 0.15) is 62.4 Å². The molecule has 2 fully saturated rings. The van der Waals surface area contributed by atoms with E-state index in [1.165, 1.54) is 16.8 Å². The first kappa shape index (κ1) is 31.9. The number of hydrogen-bond donors (Lipinski definition) is 1. The summed E-state index contributed by atoms with van der Waals surface area (Å²) < 4.78 is 31.2. The molecule has 9 heteroatoms. The fourth-order valence-corrected chi connectivity index (χ4v) is 18.4. The van der Waals surface area contributed by atoms with Gasteiger partial charge in [-0.25, -0.2) is 0 Å². The zero-order valence-electron chi connectivity index (χ0n) is 26.0. The molecule has 1 N–H and O–H groups in total. The van der Waals surface area contributed by atoms with Gasteiger partial charge in [-0.05, 0) is 0 Å². The second-order valence-electron chi connectivity index (χ2n) is 12.0. The summed E-state index contributed by atoms with van der Waals surface area (Å²) in [5.41, 5.74) is 1.07. The van der Waals surface area contributed by atoms with Gasteiger partial charge in [-0.2, -0.15) is 0 Å². The van der Waals surface area contributed by atoms with Crippen LogP contribution in [0, 0.1) is 0 Å². The maximum absolute atomic E-state index is 13.0. The molecule has 0 spiro atoms. The number of rotatable bonds is 13. The van der Waals surface area contributed by atoms with Gasteiger partial charge in [0.25, 0.3) is 0 Å². The third-order valence-corrected chi connectivity index (χ3v) is 19.3. The van der Waals surface area contributed by atoms with Gasteiger partial charge in [-0.3, -0.25) is 0 Å². The van der Waals surface area contributed by atoms with E-state index in [1.807, 2.05) is 54.6 Å². The van der Waals surface area contributed by atoms with E-state index in [4.69, 9.17) is 15.6 Å². The van der Waals surface area contributed by atoms with Crippen molar-refractivity contribution in [1.29, 1.82) is 0 Å². The molecule has 6 rings (SSSR count). The van der Waals surface area contributed by atoms with Crippen LogP contribution in [0.3, 0.4) is 0 Å². The maximum atomic E-state index is 13.0. The fraction of sp³-hybridized carbons (Fsp3) is 0.389. The molecular formula is C36H42N2O6Sn. The van der Waals surface area contributed by atoms with Crippen molar-refractivity contribution in [3.63, 3.8) is 0 Å². The summed E-state index contributed by atoms with van der Waals surface area (Å²) >= 11 is -3.54. The van der Waals surface area contributed by atoms with Crippen LogP contribution in [0.5, 0.6) is 0 Å². The molecule has 2 aliphatic heterocycles. The Morgan fingerprint density at radius 1 is 0.756 bits per heavy atom. The van der Waals surface area contributed by atoms with Gasteiger partial charge in [0.05, 0.1) is 0 Å². The monoisotopic (exact) mass is 718 g/mol. The summed E-state index contributed by atoms with van der Waals surface area (Å²) in [6.07, 6.45) is 3.60. The van der Waals surface area contributed by atoms with Gasteiger partial charge >= 0.3 is 270 Å². The van der Waals surface area contributed by atoms with E-state index in [2.05, 4.69) is 55.2 Å². The van der Waals surface area contributed by atoms with Crippen molar-refractivity contribution in [2.75, 3.05) is 6.61 Å². The Morgan fingerprint density at radius 3 is 1.76 bits per heavy atom. The average molecular weight is 717 g/mol. The molecule has 3 aromatic carbocycles. The number of aromatic nitrogens is 2. The first-order valence-electron chi connectivity index (χ1n) is 16.1. The molecule has 0 bridgehead atoms. The van der Waals surface area contributed by atoms with Crippen molar-refractivity contribution in [3.05, 3.63) is 141 Å². The molecule has 1 aromatic heterocycles. The Kier molecular flexibility index (Phi) is 10.1. The van der Waals surface area contributed by atoms with Gasteiger partial charge in [-0.1, -0.05) is 0 Å². The molecule has 0 saturated carbocycles. The molecule has 3 heterocycles. The number of nitrogens with zero attached hydrogens (tertiary/aromatic N) is 1. The van der Waals surface area contributed by atoms with Crippen molar-refractivity contribution in [2.24, 2.45) is 0 Å². The zero-order valence-corrected chi connectivity index (χ0v) is 28.8. The summed E-state index contributed by atoms with van der Waals surface area (Å²) in [7, 11) is 0. The summed E-state index contributed by atoms with van der Waals surface area (Å²) in [6.45, 7) is 4.57. The van der Waals surface area contributed by atoms with Crippen LogP contribution in [0.25, 0.3) is 0 Å². The normalized spacial score (nSPS) is 22.4. The number of benzene rings is 3. The average Bonchev–Trinajstić information content (AvgIpc) is 3.61. The Morgan fingerprint density at radius 2 is 1.27 bits per heavy atom. The first-order valence-corrected chi connectivity index (χ1v) is 22.5. The zero-order chi connectivity index (χ0) is 31.3. The van der Waals surface area contributed by atoms with Crippen molar-refractivity contribution >= 4 is 19.2 Å². The molecular weight excluding hydrogens is 675 g/mol. The van der Waals surface area contributed by atoms with Gasteiger partial charge in [0.1, 0.15) is 0 Å². The summed E-state index contributed by atoms with van der Waals surface area (Å²) in [6, 6.07) is 32.1. The van der Waals surface area contributed by atoms with Gasteiger partial charge in [0.2, 0.25) is 0 Å². The number of unbranched alkanes of at least 4 members (excludes halogenated alkanes) is 2. The van der Waals surface area contributed by atoms with E-state index < -0.39 is 60.6 Å². The second-order valence-corrected chi connectivity index (χ2v) is 21.4. The van der Waals surface area contributed by atoms with Crippen molar-refractivity contribution in [2.45, 2.75) is 78.5 Å². The molecule has 0 aliphatic carbocycles. The number of H-pyrrole nitrogens is 1. The molecule has 0 unspecified atom stereocenters. The number of ether oxygens (including phenoxy) is 2. The van der Waals surface area contributed by atoms with E-state index in [9.17, 15) is 9.59 Å². The van der Waals surface area contributed by atoms with Crippen LogP contribution in [0.15, 0.2) is 113 Å². The SMILES string of the molecule is CCC[CH2][Sn]1([CH2]CCC)[O][C@@H]2[C@H]([O]1)[C@H](COC(c1ccccc1)(c1ccccc1)c1ccccc1)O[C@@H]2n1ccc(=O)[nH]c1=O. The summed E-state index contributed by atoms with van der Waals surface area (Å²) in [5, 5.41) is 0. The quantitative estimate of drug-likeness (QED) is 0.130. The molecule has 0 radical (unpaired) electrons. The standard InChI is InChI=1S/C28H24N2O6.2C4H9.Sn/c31-23-16-17-30(27(34)29-23)26-25(33)24(32)22(36-26)18-35-28(19-10-4-1-5-11-19,20-12-6-2-7-13-20)21-14-8-3-9-15-21;2*1-3-4-2;/h1-17,22,24-26H,18H2,(H,29,31,34);2*1,3-4H2,2H3;/q-2;;;+2/t22-,24+,25+,26-;;;/m0.../s1. The fourth-order valence-electron chi connectivity index (χ4n) is 6.71. The van der Waals surface area contributed by atoms with Gasteiger partial charge in [0, 0.05) is 0 Å². The van der Waals surface area contributed by atoms with Gasteiger partial charge < -0.3 is 0 Å². The molecule has 8 nitrogen and oxygen atoms in total. The molecule has 236 valence electrons. The van der Waals surface area contributed by atoms with Gasteiger partial charge in [-0.15, -0.1) is 0 Å². The molecule has 2 saturated heterocycles. The number of nitrogens with one attached hydrogen (secondary N) is 1. The number of aromatic amines is 1. The molecule has 2 aliphatic rings. The van der Waals surface area contributed by atoms with E-state index in [0.29, 0.717) is 0 Å². The second kappa shape index (κ2) is 14.2. The molecule has 4 atom stereocenters. The Labute approximate surface area is 269 Å². The molecule has 0 amide bonds. The topological polar surface area (TPSA) is 91.8 Å². The minimum atomic E-state index is -3.54. The third-order valence-electron chi connectivity index (χ3n) is 8.94. The minimum absolute atomic E-state index is 0.196. The van der Waals surface area contributed by atoms with Crippen LogP contribution in [-0.4, -0.2) is 53.7 Å². The Hall–Kier alpha value is -3.02. The van der Waals surface area contributed by atoms with Crippen LogP contribution < -0.4 is 11.2 Å². The predicted molar refractivity (Wildman–Crippen MR) is 175 cm³/mol. The van der Waals surface area contributed by atoms with Crippen LogP contribution in [-0.2, 0) is 21.2 Å². The first-order chi connectivity index (χ1) is 22.0. The van der Waals surface area contributed by atoms with Crippen LogP contribution in [0.4, 0.5) is 0 Å². The Balaban J connectivity index is 1.40. The number of fused-ring (bicyclic) bond motifs is 1. The van der Waals surface area contributed by atoms with Crippen molar-refractivity contribution in [1.82, 2.24) is 9.55 Å².